The fraction of sp³-hybridized carbons (Fsp3) is 0.381. The normalized spacial score (nSPS) is 22.5. The molecule has 0 spiro atoms. The molecular formula is C21H20ClF3N2O2S2. The molecule has 166 valence electrons. The molecule has 2 aliphatic heterocycles. The van der Waals surface area contributed by atoms with Crippen LogP contribution in [0.25, 0.3) is 0 Å². The lowest BCUT2D eigenvalue weighted by molar-refractivity contribution is -0.137. The number of sulfone groups is 1. The molecule has 0 aliphatic carbocycles. The van der Waals surface area contributed by atoms with E-state index in [2.05, 4.69) is 11.1 Å². The van der Waals surface area contributed by atoms with Crippen LogP contribution in [-0.4, -0.2) is 37.2 Å². The molecule has 2 aromatic rings. The number of benzene rings is 2. The summed E-state index contributed by atoms with van der Waals surface area (Å²) in [6.45, 7) is 4.03. The van der Waals surface area contributed by atoms with Crippen molar-refractivity contribution in [2.45, 2.75) is 37.9 Å². The number of nitrogens with zero attached hydrogens (tertiary/aromatic N) is 2. The third-order valence-electron chi connectivity index (χ3n) is 5.58. The van der Waals surface area contributed by atoms with Gasteiger partial charge in [0.15, 0.2) is 15.0 Å². The lowest BCUT2D eigenvalue weighted by Crippen LogP contribution is -2.39. The summed E-state index contributed by atoms with van der Waals surface area (Å²) in [5.41, 5.74) is 2.66. The van der Waals surface area contributed by atoms with E-state index in [0.717, 1.165) is 23.3 Å². The number of halogens is 4. The maximum Gasteiger partial charge on any atom is 0.416 e. The van der Waals surface area contributed by atoms with E-state index in [1.54, 1.807) is 4.90 Å². The summed E-state index contributed by atoms with van der Waals surface area (Å²) >= 11 is 7.66. The van der Waals surface area contributed by atoms with Crippen molar-refractivity contribution in [1.29, 1.82) is 0 Å². The maximum atomic E-state index is 13.3. The van der Waals surface area contributed by atoms with Crippen LogP contribution in [0.1, 0.15) is 22.3 Å². The van der Waals surface area contributed by atoms with Gasteiger partial charge < -0.3 is 4.90 Å². The first-order valence-electron chi connectivity index (χ1n) is 9.58. The number of hydrogen-bond donors (Lipinski definition) is 0. The van der Waals surface area contributed by atoms with Crippen molar-refractivity contribution in [3.05, 3.63) is 63.7 Å². The van der Waals surface area contributed by atoms with Gasteiger partial charge in [0.2, 0.25) is 0 Å². The number of alkyl halides is 3. The minimum Gasteiger partial charge on any atom is -0.313 e. The van der Waals surface area contributed by atoms with Crippen molar-refractivity contribution in [3.63, 3.8) is 0 Å². The van der Waals surface area contributed by atoms with E-state index in [1.807, 2.05) is 26.0 Å². The Morgan fingerprint density at radius 1 is 1.13 bits per heavy atom. The van der Waals surface area contributed by atoms with Gasteiger partial charge in [0.1, 0.15) is 0 Å². The Kier molecular flexibility index (Phi) is 5.81. The van der Waals surface area contributed by atoms with E-state index in [0.29, 0.717) is 10.9 Å². The molecule has 0 aromatic heterocycles. The van der Waals surface area contributed by atoms with E-state index in [1.165, 1.54) is 23.4 Å². The first kappa shape index (κ1) is 22.5. The Morgan fingerprint density at radius 3 is 2.55 bits per heavy atom. The second-order valence-electron chi connectivity index (χ2n) is 7.86. The van der Waals surface area contributed by atoms with Crippen LogP contribution in [0.5, 0.6) is 0 Å². The van der Waals surface area contributed by atoms with Gasteiger partial charge in [0.05, 0.1) is 39.9 Å². The molecular weight excluding hydrogens is 469 g/mol. The highest BCUT2D eigenvalue weighted by molar-refractivity contribution is 8.13. The third-order valence-corrected chi connectivity index (χ3v) is 8.64. The minimum atomic E-state index is -4.54. The summed E-state index contributed by atoms with van der Waals surface area (Å²) < 4.78 is 64.3. The highest BCUT2D eigenvalue weighted by atomic mass is 35.5. The van der Waals surface area contributed by atoms with E-state index < -0.39 is 33.7 Å². The zero-order valence-electron chi connectivity index (χ0n) is 16.8. The van der Waals surface area contributed by atoms with Crippen LogP contribution in [0, 0.1) is 13.8 Å². The Hall–Kier alpha value is -1.71. The molecule has 31 heavy (non-hydrogen) atoms. The average Bonchev–Trinajstić information content (AvgIpc) is 3.13. The average molecular weight is 489 g/mol. The molecule has 2 atom stereocenters. The molecule has 10 heteroatoms. The van der Waals surface area contributed by atoms with Crippen molar-refractivity contribution in [3.8, 4) is 0 Å². The van der Waals surface area contributed by atoms with Gasteiger partial charge in [0.25, 0.3) is 0 Å². The van der Waals surface area contributed by atoms with Gasteiger partial charge in [-0.3, -0.25) is 4.99 Å². The van der Waals surface area contributed by atoms with E-state index in [4.69, 9.17) is 11.6 Å². The van der Waals surface area contributed by atoms with Crippen LogP contribution in [0.4, 0.5) is 18.9 Å². The van der Waals surface area contributed by atoms with Crippen molar-refractivity contribution in [2.75, 3.05) is 16.4 Å². The molecule has 2 aliphatic rings. The lowest BCUT2D eigenvalue weighted by Gasteiger charge is -2.28. The molecule has 4 rings (SSSR count). The molecule has 0 unspecified atom stereocenters. The molecule has 2 heterocycles. The fourth-order valence-corrected chi connectivity index (χ4v) is 6.94. The number of thioether (sulfide) groups is 1. The second kappa shape index (κ2) is 8.01. The SMILES string of the molecule is Cc1ccc(CSC2=N[C@@H]3CS(=O)(=O)C[C@@H]3N2c2cc(C(F)(F)F)ccc2Cl)cc1C. The molecule has 0 bridgehead atoms. The Labute approximate surface area is 188 Å². The largest absolute Gasteiger partial charge is 0.416 e. The van der Waals surface area contributed by atoms with Crippen molar-refractivity contribution >= 4 is 44.1 Å². The Balaban J connectivity index is 1.69. The summed E-state index contributed by atoms with van der Waals surface area (Å²) in [6.07, 6.45) is -4.54. The van der Waals surface area contributed by atoms with Crippen molar-refractivity contribution in [2.24, 2.45) is 4.99 Å². The minimum absolute atomic E-state index is 0.113. The van der Waals surface area contributed by atoms with Gasteiger partial charge in [-0.2, -0.15) is 13.2 Å². The molecule has 4 nitrogen and oxygen atoms in total. The van der Waals surface area contributed by atoms with Crippen LogP contribution < -0.4 is 4.90 Å². The van der Waals surface area contributed by atoms with E-state index >= 15 is 0 Å². The van der Waals surface area contributed by atoms with Gasteiger partial charge in [0, 0.05) is 5.75 Å². The quantitative estimate of drug-likeness (QED) is 0.592. The summed E-state index contributed by atoms with van der Waals surface area (Å²) in [5.74, 6) is 0.277. The van der Waals surface area contributed by atoms with Crippen molar-refractivity contribution in [1.82, 2.24) is 0 Å². The predicted molar refractivity (Wildman–Crippen MR) is 120 cm³/mol. The molecule has 0 amide bonds. The topological polar surface area (TPSA) is 49.7 Å². The Bertz CT molecular complexity index is 1170. The van der Waals surface area contributed by atoms with Gasteiger partial charge in [-0.05, 0) is 48.7 Å². The van der Waals surface area contributed by atoms with Gasteiger partial charge in [-0.15, -0.1) is 0 Å². The highest BCUT2D eigenvalue weighted by Gasteiger charge is 2.48. The van der Waals surface area contributed by atoms with Crippen LogP contribution >= 0.6 is 23.4 Å². The Morgan fingerprint density at radius 2 is 1.87 bits per heavy atom. The molecule has 0 radical (unpaired) electrons. The summed E-state index contributed by atoms with van der Waals surface area (Å²) in [5, 5.41) is 0.613. The number of aryl methyl sites for hydroxylation is 2. The number of amidine groups is 1. The molecule has 2 aromatic carbocycles. The molecule has 1 fully saturated rings. The van der Waals surface area contributed by atoms with Crippen molar-refractivity contribution < 1.29 is 21.6 Å². The van der Waals surface area contributed by atoms with E-state index in [-0.39, 0.29) is 22.2 Å². The molecule has 0 N–H and O–H groups in total. The lowest BCUT2D eigenvalue weighted by atomic mass is 10.1. The van der Waals surface area contributed by atoms with Gasteiger partial charge >= 0.3 is 6.18 Å². The van der Waals surface area contributed by atoms with Gasteiger partial charge in [-0.25, -0.2) is 8.42 Å². The van der Waals surface area contributed by atoms with E-state index in [9.17, 15) is 21.6 Å². The van der Waals surface area contributed by atoms with Crippen LogP contribution in [-0.2, 0) is 21.8 Å². The summed E-state index contributed by atoms with van der Waals surface area (Å²) in [7, 11) is -3.32. The number of rotatable bonds is 3. The molecule has 1 saturated heterocycles. The zero-order valence-corrected chi connectivity index (χ0v) is 19.2. The second-order valence-corrected chi connectivity index (χ2v) is 11.4. The maximum absolute atomic E-state index is 13.3. The van der Waals surface area contributed by atoms with Gasteiger partial charge in [-0.1, -0.05) is 41.6 Å². The smallest absolute Gasteiger partial charge is 0.313 e. The highest BCUT2D eigenvalue weighted by Crippen LogP contribution is 2.41. The fourth-order valence-electron chi connectivity index (χ4n) is 3.83. The zero-order chi connectivity index (χ0) is 22.6. The third kappa shape index (κ3) is 4.59. The monoisotopic (exact) mass is 488 g/mol. The summed E-state index contributed by atoms with van der Waals surface area (Å²) in [6, 6.07) is 8.09. The number of anilines is 1. The van der Waals surface area contributed by atoms with Crippen LogP contribution in [0.3, 0.4) is 0 Å². The predicted octanol–water partition coefficient (Wildman–Crippen LogP) is 5.25. The number of aliphatic imine (C=N–C) groups is 1. The number of fused-ring (bicyclic) bond motifs is 1. The molecule has 0 saturated carbocycles. The first-order valence-corrected chi connectivity index (χ1v) is 12.8. The standard InChI is InChI=1S/C21H20ClF3N2O2S2/c1-12-3-4-14(7-13(12)2)9-30-20-26-17-10-31(28,29)11-19(17)27(20)18-8-15(21(23,24)25)5-6-16(18)22/h3-8,17,19H,9-11H2,1-2H3/t17-,19+/m1/s1. The van der Waals surface area contributed by atoms with Crippen LogP contribution in [0.15, 0.2) is 41.4 Å². The number of hydrogen-bond acceptors (Lipinski definition) is 5. The summed E-state index contributed by atoms with van der Waals surface area (Å²) in [4.78, 5) is 6.16. The first-order chi connectivity index (χ1) is 14.4. The van der Waals surface area contributed by atoms with Crippen LogP contribution in [0.2, 0.25) is 5.02 Å².